The monoisotopic (exact) mass is 160 g/mol. The number of unbranched alkanes of at least 4 members (excludes halogenated alkanes) is 2. The van der Waals surface area contributed by atoms with Gasteiger partial charge in [0, 0.05) is 0 Å². The van der Waals surface area contributed by atoms with Crippen molar-refractivity contribution in [2.45, 2.75) is 58.8 Å². The van der Waals surface area contributed by atoms with Crippen LogP contribution in [0.25, 0.3) is 0 Å². The standard InChI is InChI=1S/C9H20O2/c1-4-5-6-7-8(2)11-9(3)10/h8-10H,4-7H2,1-3H3. The van der Waals surface area contributed by atoms with E-state index >= 15 is 0 Å². The van der Waals surface area contributed by atoms with E-state index in [2.05, 4.69) is 6.92 Å². The molecule has 0 bridgehead atoms. The molecule has 2 atom stereocenters. The third kappa shape index (κ3) is 7.82. The van der Waals surface area contributed by atoms with Gasteiger partial charge in [-0.2, -0.15) is 0 Å². The molecule has 0 aliphatic heterocycles. The predicted octanol–water partition coefficient (Wildman–Crippen LogP) is 2.31. The minimum Gasteiger partial charge on any atom is -0.368 e. The Hall–Kier alpha value is -0.0800. The fourth-order valence-electron chi connectivity index (χ4n) is 1.09. The summed E-state index contributed by atoms with van der Waals surface area (Å²) in [4.78, 5) is 0. The molecule has 2 unspecified atom stereocenters. The van der Waals surface area contributed by atoms with E-state index in [-0.39, 0.29) is 6.10 Å². The van der Waals surface area contributed by atoms with Gasteiger partial charge in [0.1, 0.15) is 0 Å². The molecular formula is C9H20O2. The molecule has 0 amide bonds. The first-order valence-corrected chi connectivity index (χ1v) is 4.50. The summed E-state index contributed by atoms with van der Waals surface area (Å²) in [5, 5.41) is 8.86. The second-order valence-electron chi connectivity index (χ2n) is 3.04. The Kier molecular flexibility index (Phi) is 6.57. The van der Waals surface area contributed by atoms with Gasteiger partial charge in [-0.05, 0) is 20.3 Å². The SMILES string of the molecule is CCCCCC(C)OC(C)O. The molecule has 2 heteroatoms. The maximum absolute atomic E-state index is 8.86. The molecule has 0 aliphatic rings. The topological polar surface area (TPSA) is 29.5 Å². The molecule has 0 fully saturated rings. The Labute approximate surface area is 69.6 Å². The first-order valence-electron chi connectivity index (χ1n) is 4.50. The minimum absolute atomic E-state index is 0.196. The molecule has 2 nitrogen and oxygen atoms in total. The molecule has 0 aromatic heterocycles. The van der Waals surface area contributed by atoms with E-state index in [0.717, 1.165) is 6.42 Å². The summed E-state index contributed by atoms with van der Waals surface area (Å²) in [5.74, 6) is 0. The average molecular weight is 160 g/mol. The van der Waals surface area contributed by atoms with Crippen LogP contribution in [-0.4, -0.2) is 17.5 Å². The number of rotatable bonds is 6. The van der Waals surface area contributed by atoms with E-state index in [0.29, 0.717) is 0 Å². The van der Waals surface area contributed by atoms with Crippen LogP contribution < -0.4 is 0 Å². The lowest BCUT2D eigenvalue weighted by molar-refractivity contribution is -0.120. The van der Waals surface area contributed by atoms with Crippen molar-refractivity contribution >= 4 is 0 Å². The lowest BCUT2D eigenvalue weighted by atomic mass is 10.1. The molecule has 0 heterocycles. The van der Waals surface area contributed by atoms with Gasteiger partial charge in [0.25, 0.3) is 0 Å². The highest BCUT2D eigenvalue weighted by Crippen LogP contribution is 2.07. The average Bonchev–Trinajstić information content (AvgIpc) is 1.86. The maximum atomic E-state index is 8.86. The smallest absolute Gasteiger partial charge is 0.152 e. The zero-order valence-electron chi connectivity index (χ0n) is 7.84. The van der Waals surface area contributed by atoms with Crippen molar-refractivity contribution in [3.63, 3.8) is 0 Å². The van der Waals surface area contributed by atoms with Crippen LogP contribution >= 0.6 is 0 Å². The lowest BCUT2D eigenvalue weighted by Crippen LogP contribution is -2.16. The molecule has 0 aromatic carbocycles. The first kappa shape index (κ1) is 10.9. The second kappa shape index (κ2) is 6.62. The molecule has 0 aliphatic carbocycles. The van der Waals surface area contributed by atoms with Crippen molar-refractivity contribution in [3.05, 3.63) is 0 Å². The number of aliphatic hydroxyl groups excluding tert-OH is 1. The summed E-state index contributed by atoms with van der Waals surface area (Å²) in [6.07, 6.45) is 4.33. The van der Waals surface area contributed by atoms with Crippen LogP contribution in [0.4, 0.5) is 0 Å². The molecular weight excluding hydrogens is 140 g/mol. The van der Waals surface area contributed by atoms with Crippen molar-refractivity contribution in [2.75, 3.05) is 0 Å². The van der Waals surface area contributed by atoms with E-state index in [1.54, 1.807) is 6.92 Å². The van der Waals surface area contributed by atoms with Crippen LogP contribution in [0.2, 0.25) is 0 Å². The largest absolute Gasteiger partial charge is 0.368 e. The van der Waals surface area contributed by atoms with Crippen molar-refractivity contribution in [3.8, 4) is 0 Å². The molecule has 0 spiro atoms. The molecule has 1 N–H and O–H groups in total. The van der Waals surface area contributed by atoms with Gasteiger partial charge in [-0.3, -0.25) is 0 Å². The normalized spacial score (nSPS) is 16.4. The van der Waals surface area contributed by atoms with Gasteiger partial charge in [0.15, 0.2) is 6.29 Å². The Morgan fingerprint density at radius 1 is 1.27 bits per heavy atom. The quantitative estimate of drug-likeness (QED) is 0.477. The molecule has 0 saturated carbocycles. The van der Waals surface area contributed by atoms with E-state index in [1.807, 2.05) is 6.92 Å². The van der Waals surface area contributed by atoms with E-state index in [4.69, 9.17) is 9.84 Å². The van der Waals surface area contributed by atoms with Crippen LogP contribution in [0.5, 0.6) is 0 Å². The fraction of sp³-hybridized carbons (Fsp3) is 1.00. The van der Waals surface area contributed by atoms with E-state index in [1.165, 1.54) is 19.3 Å². The third-order valence-electron chi connectivity index (χ3n) is 1.64. The van der Waals surface area contributed by atoms with Crippen LogP contribution in [0.15, 0.2) is 0 Å². The number of aliphatic hydroxyl groups is 1. The zero-order valence-corrected chi connectivity index (χ0v) is 7.84. The van der Waals surface area contributed by atoms with Crippen LogP contribution in [0.1, 0.15) is 46.5 Å². The Balaban J connectivity index is 3.15. The third-order valence-corrected chi connectivity index (χ3v) is 1.64. The molecule has 68 valence electrons. The molecule has 0 rings (SSSR count). The molecule has 0 aromatic rings. The summed E-state index contributed by atoms with van der Waals surface area (Å²) in [6, 6.07) is 0. The number of hydrogen-bond donors (Lipinski definition) is 1. The van der Waals surface area contributed by atoms with Crippen molar-refractivity contribution in [2.24, 2.45) is 0 Å². The fourth-order valence-corrected chi connectivity index (χ4v) is 1.09. The lowest BCUT2D eigenvalue weighted by Gasteiger charge is -2.14. The van der Waals surface area contributed by atoms with Crippen LogP contribution in [0.3, 0.4) is 0 Å². The summed E-state index contributed by atoms with van der Waals surface area (Å²) in [5.41, 5.74) is 0. The van der Waals surface area contributed by atoms with Crippen LogP contribution in [0, 0.1) is 0 Å². The van der Waals surface area contributed by atoms with Crippen molar-refractivity contribution < 1.29 is 9.84 Å². The van der Waals surface area contributed by atoms with Gasteiger partial charge in [-0.25, -0.2) is 0 Å². The molecule has 0 radical (unpaired) electrons. The van der Waals surface area contributed by atoms with Crippen molar-refractivity contribution in [1.82, 2.24) is 0 Å². The molecule has 0 saturated heterocycles. The predicted molar refractivity (Wildman–Crippen MR) is 46.4 cm³/mol. The van der Waals surface area contributed by atoms with Gasteiger partial charge in [-0.1, -0.05) is 26.2 Å². The first-order chi connectivity index (χ1) is 5.16. The minimum atomic E-state index is -0.619. The Morgan fingerprint density at radius 3 is 2.36 bits per heavy atom. The highest BCUT2D eigenvalue weighted by atomic mass is 16.6. The summed E-state index contributed by atoms with van der Waals surface area (Å²) < 4.78 is 5.15. The van der Waals surface area contributed by atoms with Gasteiger partial charge in [0.05, 0.1) is 6.10 Å². The van der Waals surface area contributed by atoms with Gasteiger partial charge < -0.3 is 9.84 Å². The maximum Gasteiger partial charge on any atom is 0.152 e. The summed E-state index contributed by atoms with van der Waals surface area (Å²) >= 11 is 0. The number of hydrogen-bond acceptors (Lipinski definition) is 2. The summed E-state index contributed by atoms with van der Waals surface area (Å²) in [6.45, 7) is 5.83. The van der Waals surface area contributed by atoms with E-state index in [9.17, 15) is 0 Å². The van der Waals surface area contributed by atoms with Gasteiger partial charge >= 0.3 is 0 Å². The number of ether oxygens (including phenoxy) is 1. The highest BCUT2D eigenvalue weighted by molar-refractivity contribution is 4.50. The zero-order chi connectivity index (χ0) is 8.69. The van der Waals surface area contributed by atoms with E-state index < -0.39 is 6.29 Å². The van der Waals surface area contributed by atoms with Gasteiger partial charge in [-0.15, -0.1) is 0 Å². The summed E-state index contributed by atoms with van der Waals surface area (Å²) in [7, 11) is 0. The van der Waals surface area contributed by atoms with Crippen LogP contribution in [-0.2, 0) is 4.74 Å². The Morgan fingerprint density at radius 2 is 1.91 bits per heavy atom. The second-order valence-corrected chi connectivity index (χ2v) is 3.04. The molecule has 11 heavy (non-hydrogen) atoms. The highest BCUT2D eigenvalue weighted by Gasteiger charge is 2.03. The Bertz CT molecular complexity index is 81.6. The van der Waals surface area contributed by atoms with Gasteiger partial charge in [0.2, 0.25) is 0 Å². The van der Waals surface area contributed by atoms with Crippen molar-refractivity contribution in [1.29, 1.82) is 0 Å².